The molecule has 1 rings (SSSR count). The van der Waals surface area contributed by atoms with Gasteiger partial charge in [-0.2, -0.15) is 5.26 Å². The molecule has 80 valence electrons. The third kappa shape index (κ3) is 2.52. The fourth-order valence-corrected chi connectivity index (χ4v) is 1.36. The molecule has 0 aliphatic carbocycles. The largest absolute Gasteiger partial charge is 0.389 e. The summed E-state index contributed by atoms with van der Waals surface area (Å²) in [6.07, 6.45) is -2.59. The highest BCUT2D eigenvalue weighted by molar-refractivity contribution is 5.29. The zero-order valence-corrected chi connectivity index (χ0v) is 8.31. The van der Waals surface area contributed by atoms with Gasteiger partial charge in [0, 0.05) is 0 Å². The lowest BCUT2D eigenvalue weighted by Crippen LogP contribution is -2.18. The first kappa shape index (κ1) is 11.6. The molecule has 0 bridgehead atoms. The van der Waals surface area contributed by atoms with E-state index in [9.17, 15) is 14.6 Å². The van der Waals surface area contributed by atoms with Gasteiger partial charge in [-0.25, -0.2) is 4.39 Å². The molecule has 4 heteroatoms. The molecule has 0 aliphatic rings. The average Bonchev–Trinajstić information content (AvgIpc) is 2.21. The fraction of sp³-hybridized carbons (Fsp3) is 0.364. The van der Waals surface area contributed by atoms with Crippen molar-refractivity contribution in [3.63, 3.8) is 0 Å². The average molecular weight is 209 g/mol. The Morgan fingerprint density at radius 3 is 2.73 bits per heavy atom. The highest BCUT2D eigenvalue weighted by atomic mass is 19.1. The Labute approximate surface area is 87.4 Å². The molecule has 2 atom stereocenters. The first-order chi connectivity index (χ1) is 7.07. The minimum absolute atomic E-state index is 0.183. The molecule has 0 saturated carbocycles. The van der Waals surface area contributed by atoms with Crippen molar-refractivity contribution >= 4 is 0 Å². The summed E-state index contributed by atoms with van der Waals surface area (Å²) in [5, 5.41) is 27.4. The highest BCUT2D eigenvalue weighted by Crippen LogP contribution is 2.23. The number of benzene rings is 1. The molecule has 0 aliphatic heterocycles. The third-order valence-electron chi connectivity index (χ3n) is 2.29. The SMILES string of the molecule is Cc1c(F)cccc1C(O)C(O)CC#N. The second-order valence-electron chi connectivity index (χ2n) is 3.33. The molecule has 0 aromatic heterocycles. The third-order valence-corrected chi connectivity index (χ3v) is 2.29. The molecule has 3 nitrogen and oxygen atoms in total. The number of aliphatic hydroxyl groups is 2. The van der Waals surface area contributed by atoms with Gasteiger partial charge in [0.15, 0.2) is 0 Å². The van der Waals surface area contributed by atoms with Crippen LogP contribution in [0.25, 0.3) is 0 Å². The molecular formula is C11H12FNO2. The number of aliphatic hydroxyl groups excluding tert-OH is 2. The normalized spacial score (nSPS) is 14.3. The molecule has 0 amide bonds. The van der Waals surface area contributed by atoms with E-state index < -0.39 is 18.0 Å². The van der Waals surface area contributed by atoms with Crippen LogP contribution < -0.4 is 0 Å². The van der Waals surface area contributed by atoms with E-state index >= 15 is 0 Å². The maximum Gasteiger partial charge on any atom is 0.126 e. The lowest BCUT2D eigenvalue weighted by Gasteiger charge is -2.17. The Balaban J connectivity index is 2.96. The Kier molecular flexibility index (Phi) is 3.78. The summed E-state index contributed by atoms with van der Waals surface area (Å²) in [6.45, 7) is 1.52. The van der Waals surface area contributed by atoms with Crippen molar-refractivity contribution in [2.45, 2.75) is 25.6 Å². The molecular weight excluding hydrogens is 197 g/mol. The standard InChI is InChI=1S/C11H12FNO2/c1-7-8(3-2-4-9(7)12)11(15)10(14)5-6-13/h2-4,10-11,14-15H,5H2,1H3. The van der Waals surface area contributed by atoms with Crippen molar-refractivity contribution in [3.8, 4) is 6.07 Å². The molecule has 0 saturated heterocycles. The highest BCUT2D eigenvalue weighted by Gasteiger charge is 2.20. The van der Waals surface area contributed by atoms with Gasteiger partial charge in [0.05, 0.1) is 18.6 Å². The van der Waals surface area contributed by atoms with E-state index in [1.54, 1.807) is 6.07 Å². The monoisotopic (exact) mass is 209 g/mol. The molecule has 0 spiro atoms. The Morgan fingerprint density at radius 2 is 2.13 bits per heavy atom. The summed E-state index contributed by atoms with van der Waals surface area (Å²) >= 11 is 0. The van der Waals surface area contributed by atoms with Crippen LogP contribution in [0.1, 0.15) is 23.7 Å². The molecule has 2 unspecified atom stereocenters. The summed E-state index contributed by atoms with van der Waals surface area (Å²) in [7, 11) is 0. The van der Waals surface area contributed by atoms with Gasteiger partial charge in [-0.15, -0.1) is 0 Å². The van der Waals surface area contributed by atoms with Crippen LogP contribution >= 0.6 is 0 Å². The minimum Gasteiger partial charge on any atom is -0.389 e. The van der Waals surface area contributed by atoms with Crippen LogP contribution in [0.3, 0.4) is 0 Å². The van der Waals surface area contributed by atoms with Gasteiger partial charge < -0.3 is 10.2 Å². The molecule has 1 aromatic rings. The van der Waals surface area contributed by atoms with Crippen molar-refractivity contribution in [1.29, 1.82) is 5.26 Å². The van der Waals surface area contributed by atoms with Crippen molar-refractivity contribution < 1.29 is 14.6 Å². The number of hydrogen-bond donors (Lipinski definition) is 2. The topological polar surface area (TPSA) is 64.2 Å². The summed E-state index contributed by atoms with van der Waals surface area (Å²) in [5.74, 6) is -0.435. The fourth-order valence-electron chi connectivity index (χ4n) is 1.36. The second kappa shape index (κ2) is 4.87. The van der Waals surface area contributed by atoms with E-state index in [1.165, 1.54) is 25.1 Å². The zero-order valence-electron chi connectivity index (χ0n) is 8.31. The lowest BCUT2D eigenvalue weighted by atomic mass is 9.98. The van der Waals surface area contributed by atoms with Crippen LogP contribution in [0, 0.1) is 24.1 Å². The molecule has 0 fully saturated rings. The summed E-state index contributed by atoms with van der Waals surface area (Å²) in [4.78, 5) is 0. The molecule has 1 aromatic carbocycles. The van der Waals surface area contributed by atoms with Gasteiger partial charge in [-0.3, -0.25) is 0 Å². The quantitative estimate of drug-likeness (QED) is 0.791. The van der Waals surface area contributed by atoms with Gasteiger partial charge in [0.2, 0.25) is 0 Å². The maximum atomic E-state index is 13.1. The van der Waals surface area contributed by atoms with Crippen molar-refractivity contribution in [1.82, 2.24) is 0 Å². The first-order valence-electron chi connectivity index (χ1n) is 4.56. The smallest absolute Gasteiger partial charge is 0.126 e. The minimum atomic E-state index is -1.22. The number of nitrogens with zero attached hydrogens (tertiary/aromatic N) is 1. The van der Waals surface area contributed by atoms with E-state index in [0.717, 1.165) is 0 Å². The van der Waals surface area contributed by atoms with E-state index in [-0.39, 0.29) is 6.42 Å². The van der Waals surface area contributed by atoms with Crippen LogP contribution in [0.2, 0.25) is 0 Å². The van der Waals surface area contributed by atoms with Crippen LogP contribution in [0.4, 0.5) is 4.39 Å². The predicted octanol–water partition coefficient (Wildman–Crippen LogP) is 1.44. The lowest BCUT2D eigenvalue weighted by molar-refractivity contribution is 0.0210. The summed E-state index contributed by atoms with van der Waals surface area (Å²) in [5.41, 5.74) is 0.611. The molecule has 2 N–H and O–H groups in total. The van der Waals surface area contributed by atoms with E-state index in [0.29, 0.717) is 11.1 Å². The van der Waals surface area contributed by atoms with Gasteiger partial charge in [-0.05, 0) is 24.1 Å². The van der Waals surface area contributed by atoms with Gasteiger partial charge in [0.25, 0.3) is 0 Å². The number of halogens is 1. The number of nitriles is 1. The van der Waals surface area contributed by atoms with Crippen molar-refractivity contribution in [3.05, 3.63) is 35.1 Å². The number of hydrogen-bond acceptors (Lipinski definition) is 3. The maximum absolute atomic E-state index is 13.1. The van der Waals surface area contributed by atoms with E-state index in [2.05, 4.69) is 0 Å². The van der Waals surface area contributed by atoms with Crippen LogP contribution in [-0.2, 0) is 0 Å². The second-order valence-corrected chi connectivity index (χ2v) is 3.33. The molecule has 0 radical (unpaired) electrons. The van der Waals surface area contributed by atoms with E-state index in [4.69, 9.17) is 5.26 Å². The van der Waals surface area contributed by atoms with Crippen molar-refractivity contribution in [2.75, 3.05) is 0 Å². The van der Waals surface area contributed by atoms with Gasteiger partial charge in [0.1, 0.15) is 11.9 Å². The Bertz CT molecular complexity index is 387. The summed E-state index contributed by atoms with van der Waals surface area (Å²) in [6, 6.07) is 6.02. The zero-order chi connectivity index (χ0) is 11.4. The summed E-state index contributed by atoms with van der Waals surface area (Å²) < 4.78 is 13.1. The van der Waals surface area contributed by atoms with Crippen molar-refractivity contribution in [2.24, 2.45) is 0 Å². The first-order valence-corrected chi connectivity index (χ1v) is 4.56. The predicted molar refractivity (Wildman–Crippen MR) is 52.3 cm³/mol. The van der Waals surface area contributed by atoms with E-state index in [1.807, 2.05) is 0 Å². The Hall–Kier alpha value is -1.44. The van der Waals surface area contributed by atoms with Crippen LogP contribution in [0.5, 0.6) is 0 Å². The van der Waals surface area contributed by atoms with Gasteiger partial charge in [-0.1, -0.05) is 12.1 Å². The number of rotatable bonds is 3. The van der Waals surface area contributed by atoms with Gasteiger partial charge >= 0.3 is 0 Å². The molecule has 0 heterocycles. The molecule has 15 heavy (non-hydrogen) atoms. The van der Waals surface area contributed by atoms with Crippen LogP contribution in [-0.4, -0.2) is 16.3 Å². The van der Waals surface area contributed by atoms with Crippen LogP contribution in [0.15, 0.2) is 18.2 Å². The Morgan fingerprint density at radius 1 is 1.47 bits per heavy atom.